The van der Waals surface area contributed by atoms with Crippen molar-refractivity contribution in [3.8, 4) is 0 Å². The summed E-state index contributed by atoms with van der Waals surface area (Å²) in [4.78, 5) is 0. The molecule has 0 radical (unpaired) electrons. The fourth-order valence-corrected chi connectivity index (χ4v) is 6.42. The summed E-state index contributed by atoms with van der Waals surface area (Å²) in [7, 11) is 0. The molecule has 1 fully saturated rings. The Balaban J connectivity index is 2.49. The van der Waals surface area contributed by atoms with Gasteiger partial charge >= 0.3 is 0 Å². The minimum absolute atomic E-state index is 0.444. The Kier molecular flexibility index (Phi) is 10.6. The minimum atomic E-state index is 0.444. The molecule has 1 aliphatic rings. The SMILES string of the molecule is CCC(C)CC(C)CC(C)(C)C(C)C(C)C(C)CC(C)CC(C)C1CC1CC. The maximum Gasteiger partial charge on any atom is -0.0323 e. The lowest BCUT2D eigenvalue weighted by atomic mass is 9.65. The molecule has 1 rings (SSSR count). The van der Waals surface area contributed by atoms with Crippen LogP contribution in [0, 0.1) is 58.7 Å². The molecular weight excluding hydrogens is 336 g/mol. The van der Waals surface area contributed by atoms with Crippen molar-refractivity contribution in [3.63, 3.8) is 0 Å². The maximum atomic E-state index is 2.54. The lowest BCUT2D eigenvalue weighted by Gasteiger charge is -2.41. The van der Waals surface area contributed by atoms with Crippen LogP contribution in [0.5, 0.6) is 0 Å². The van der Waals surface area contributed by atoms with Gasteiger partial charge in [-0.25, -0.2) is 0 Å². The first-order chi connectivity index (χ1) is 12.9. The van der Waals surface area contributed by atoms with Gasteiger partial charge in [0.05, 0.1) is 0 Å². The maximum absolute atomic E-state index is 2.54. The first-order valence-electron chi connectivity index (χ1n) is 12.9. The van der Waals surface area contributed by atoms with E-state index in [4.69, 9.17) is 0 Å². The highest BCUT2D eigenvalue weighted by Crippen LogP contribution is 2.49. The van der Waals surface area contributed by atoms with Crippen molar-refractivity contribution in [2.24, 2.45) is 58.7 Å². The molecule has 0 heteroatoms. The van der Waals surface area contributed by atoms with Crippen molar-refractivity contribution in [1.29, 1.82) is 0 Å². The molecule has 0 aromatic heterocycles. The van der Waals surface area contributed by atoms with Crippen molar-refractivity contribution in [2.45, 2.75) is 121 Å². The zero-order valence-corrected chi connectivity index (χ0v) is 21.6. The van der Waals surface area contributed by atoms with Gasteiger partial charge in [0.2, 0.25) is 0 Å². The van der Waals surface area contributed by atoms with Crippen LogP contribution in [0.1, 0.15) is 121 Å². The molecule has 1 aliphatic carbocycles. The molecule has 0 aromatic carbocycles. The molecule has 168 valence electrons. The van der Waals surface area contributed by atoms with E-state index >= 15 is 0 Å². The van der Waals surface area contributed by atoms with Gasteiger partial charge in [-0.05, 0) is 90.8 Å². The molecule has 9 unspecified atom stereocenters. The largest absolute Gasteiger partial charge is 0.0651 e. The Hall–Kier alpha value is 0. The van der Waals surface area contributed by atoms with Crippen molar-refractivity contribution in [3.05, 3.63) is 0 Å². The van der Waals surface area contributed by atoms with Gasteiger partial charge in [-0.2, -0.15) is 0 Å². The number of hydrogen-bond acceptors (Lipinski definition) is 0. The summed E-state index contributed by atoms with van der Waals surface area (Å²) in [6.07, 6.45) is 9.87. The Morgan fingerprint density at radius 1 is 0.786 bits per heavy atom. The molecule has 1 saturated carbocycles. The predicted octanol–water partition coefficient (Wildman–Crippen LogP) is 9.48. The van der Waals surface area contributed by atoms with Crippen LogP contribution in [-0.4, -0.2) is 0 Å². The van der Waals surface area contributed by atoms with Crippen LogP contribution in [0.3, 0.4) is 0 Å². The molecule has 0 N–H and O–H groups in total. The lowest BCUT2D eigenvalue weighted by Crippen LogP contribution is -2.32. The lowest BCUT2D eigenvalue weighted by molar-refractivity contribution is 0.0884. The number of rotatable bonds is 14. The Morgan fingerprint density at radius 3 is 1.89 bits per heavy atom. The van der Waals surface area contributed by atoms with E-state index in [9.17, 15) is 0 Å². The Labute approximate surface area is 180 Å². The molecule has 0 heterocycles. The average Bonchev–Trinajstić information content (AvgIpc) is 3.39. The fourth-order valence-electron chi connectivity index (χ4n) is 6.42. The molecule has 0 nitrogen and oxygen atoms in total. The van der Waals surface area contributed by atoms with Gasteiger partial charge in [0.1, 0.15) is 0 Å². The van der Waals surface area contributed by atoms with E-state index in [1.807, 2.05) is 0 Å². The molecule has 0 aromatic rings. The highest BCUT2D eigenvalue weighted by atomic mass is 14.4. The summed E-state index contributed by atoms with van der Waals surface area (Å²) in [6.45, 7) is 27.4. The zero-order valence-electron chi connectivity index (χ0n) is 21.6. The van der Waals surface area contributed by atoms with Gasteiger partial charge in [0.15, 0.2) is 0 Å². The van der Waals surface area contributed by atoms with E-state index in [1.165, 1.54) is 44.9 Å². The zero-order chi connectivity index (χ0) is 21.6. The fraction of sp³-hybridized carbons (Fsp3) is 1.00. The highest BCUT2D eigenvalue weighted by Gasteiger charge is 2.40. The standard InChI is InChI=1S/C28H56/c1-12-19(3)14-21(5)18-28(10,11)25(9)24(8)22(6)15-20(4)16-23(7)27-17-26(27)13-2/h19-27H,12-18H2,1-11H3. The van der Waals surface area contributed by atoms with E-state index in [0.29, 0.717) is 5.41 Å². The third kappa shape index (κ3) is 8.02. The van der Waals surface area contributed by atoms with Gasteiger partial charge in [-0.3, -0.25) is 0 Å². The van der Waals surface area contributed by atoms with Crippen molar-refractivity contribution < 1.29 is 0 Å². The summed E-state index contributed by atoms with van der Waals surface area (Å²) >= 11 is 0. The molecule has 28 heavy (non-hydrogen) atoms. The minimum Gasteiger partial charge on any atom is -0.0651 e. The van der Waals surface area contributed by atoms with Crippen LogP contribution in [-0.2, 0) is 0 Å². The van der Waals surface area contributed by atoms with Crippen LogP contribution < -0.4 is 0 Å². The normalized spacial score (nSPS) is 27.5. The quantitative estimate of drug-likeness (QED) is 0.276. The van der Waals surface area contributed by atoms with Gasteiger partial charge in [-0.15, -0.1) is 0 Å². The third-order valence-electron chi connectivity index (χ3n) is 9.08. The molecule has 9 atom stereocenters. The van der Waals surface area contributed by atoms with Gasteiger partial charge in [-0.1, -0.05) is 89.0 Å². The third-order valence-corrected chi connectivity index (χ3v) is 9.08. The first-order valence-corrected chi connectivity index (χ1v) is 12.9. The van der Waals surface area contributed by atoms with Crippen LogP contribution in [0.15, 0.2) is 0 Å². The van der Waals surface area contributed by atoms with E-state index < -0.39 is 0 Å². The van der Waals surface area contributed by atoms with Crippen LogP contribution in [0.4, 0.5) is 0 Å². The summed E-state index contributed by atoms with van der Waals surface area (Å²) in [5, 5.41) is 0. The average molecular weight is 393 g/mol. The Morgan fingerprint density at radius 2 is 1.39 bits per heavy atom. The van der Waals surface area contributed by atoms with Gasteiger partial charge in [0, 0.05) is 0 Å². The summed E-state index contributed by atoms with van der Waals surface area (Å²) in [5.74, 6) is 8.08. The smallest absolute Gasteiger partial charge is 0.0323 e. The monoisotopic (exact) mass is 392 g/mol. The molecule has 0 aliphatic heterocycles. The molecule has 0 saturated heterocycles. The second-order valence-corrected chi connectivity index (χ2v) is 12.3. The summed E-state index contributed by atoms with van der Waals surface area (Å²) < 4.78 is 0. The summed E-state index contributed by atoms with van der Waals surface area (Å²) in [6, 6.07) is 0. The summed E-state index contributed by atoms with van der Waals surface area (Å²) in [5.41, 5.74) is 0.444. The molecular formula is C28H56. The van der Waals surface area contributed by atoms with Gasteiger partial charge < -0.3 is 0 Å². The van der Waals surface area contributed by atoms with Crippen molar-refractivity contribution in [1.82, 2.24) is 0 Å². The first kappa shape index (κ1) is 26.0. The van der Waals surface area contributed by atoms with E-state index in [1.54, 1.807) is 0 Å². The van der Waals surface area contributed by atoms with E-state index in [0.717, 1.165) is 53.3 Å². The molecule has 0 amide bonds. The van der Waals surface area contributed by atoms with Crippen LogP contribution in [0.2, 0.25) is 0 Å². The topological polar surface area (TPSA) is 0 Å². The van der Waals surface area contributed by atoms with Crippen molar-refractivity contribution >= 4 is 0 Å². The molecule has 0 bridgehead atoms. The van der Waals surface area contributed by atoms with E-state index in [2.05, 4.69) is 76.2 Å². The second kappa shape index (κ2) is 11.4. The Bertz CT molecular complexity index is 422. The highest BCUT2D eigenvalue weighted by molar-refractivity contribution is 4.89. The van der Waals surface area contributed by atoms with Crippen LogP contribution in [0.25, 0.3) is 0 Å². The second-order valence-electron chi connectivity index (χ2n) is 12.3. The van der Waals surface area contributed by atoms with Crippen LogP contribution >= 0.6 is 0 Å². The number of hydrogen-bond donors (Lipinski definition) is 0. The predicted molar refractivity (Wildman–Crippen MR) is 129 cm³/mol. The van der Waals surface area contributed by atoms with E-state index in [-0.39, 0.29) is 0 Å². The van der Waals surface area contributed by atoms with Crippen molar-refractivity contribution in [2.75, 3.05) is 0 Å². The molecule has 0 spiro atoms. The van der Waals surface area contributed by atoms with Gasteiger partial charge in [0.25, 0.3) is 0 Å².